The van der Waals surface area contributed by atoms with Crippen LogP contribution in [0.25, 0.3) is 0 Å². The van der Waals surface area contributed by atoms with Gasteiger partial charge < -0.3 is 15.0 Å². The van der Waals surface area contributed by atoms with E-state index in [0.29, 0.717) is 18.7 Å². The number of esters is 1. The normalized spacial score (nSPS) is 10.2. The Balaban J connectivity index is 2.09. The number of H-pyrrole nitrogens is 1. The second kappa shape index (κ2) is 6.04. The zero-order chi connectivity index (χ0) is 13.7. The molecule has 100 valence electrons. The van der Waals surface area contributed by atoms with Crippen LogP contribution < -0.4 is 5.32 Å². The third-order valence-corrected chi connectivity index (χ3v) is 2.65. The largest absolute Gasteiger partial charge is 0.462 e. The number of nitrogens with zero attached hydrogens (tertiary/aromatic N) is 1. The fraction of sp³-hybridized carbons (Fsp3) is 0.286. The Kier molecular flexibility index (Phi) is 4.18. The lowest BCUT2D eigenvalue weighted by Crippen LogP contribution is -2.09. The summed E-state index contributed by atoms with van der Waals surface area (Å²) in [5.74, 6) is 0.557. The number of aryl methyl sites for hydroxylation is 1. The summed E-state index contributed by atoms with van der Waals surface area (Å²) in [6.07, 6.45) is 1.77. The summed E-state index contributed by atoms with van der Waals surface area (Å²) in [6.45, 7) is 4.64. The second-order valence-electron chi connectivity index (χ2n) is 4.11. The van der Waals surface area contributed by atoms with Gasteiger partial charge in [0.05, 0.1) is 30.6 Å². The monoisotopic (exact) mass is 259 g/mol. The van der Waals surface area contributed by atoms with Crippen LogP contribution in [0.3, 0.4) is 0 Å². The van der Waals surface area contributed by atoms with Crippen molar-refractivity contribution in [2.75, 3.05) is 11.9 Å². The van der Waals surface area contributed by atoms with E-state index in [-0.39, 0.29) is 5.97 Å². The van der Waals surface area contributed by atoms with Crippen LogP contribution in [0.5, 0.6) is 0 Å². The number of anilines is 1. The van der Waals surface area contributed by atoms with E-state index < -0.39 is 0 Å². The summed E-state index contributed by atoms with van der Waals surface area (Å²) < 4.78 is 5.03. The van der Waals surface area contributed by atoms with E-state index in [9.17, 15) is 4.79 Å². The predicted molar refractivity (Wildman–Crippen MR) is 73.0 cm³/mol. The quantitative estimate of drug-likeness (QED) is 0.810. The fourth-order valence-electron chi connectivity index (χ4n) is 1.78. The molecule has 19 heavy (non-hydrogen) atoms. The number of imidazole rings is 1. The highest BCUT2D eigenvalue weighted by Gasteiger charge is 2.11. The van der Waals surface area contributed by atoms with Gasteiger partial charge in [-0.2, -0.15) is 0 Å². The summed E-state index contributed by atoms with van der Waals surface area (Å²) in [5, 5.41) is 3.21. The van der Waals surface area contributed by atoms with E-state index in [1.807, 2.05) is 25.1 Å². The van der Waals surface area contributed by atoms with Crippen molar-refractivity contribution in [1.82, 2.24) is 9.97 Å². The molecule has 1 aromatic heterocycles. The number of aromatic nitrogens is 2. The summed E-state index contributed by atoms with van der Waals surface area (Å²) >= 11 is 0. The highest BCUT2D eigenvalue weighted by molar-refractivity contribution is 5.95. The van der Waals surface area contributed by atoms with Gasteiger partial charge in [-0.05, 0) is 26.0 Å². The van der Waals surface area contributed by atoms with E-state index in [1.165, 1.54) is 0 Å². The minimum absolute atomic E-state index is 0.314. The molecule has 0 unspecified atom stereocenters. The van der Waals surface area contributed by atoms with Gasteiger partial charge in [-0.25, -0.2) is 9.78 Å². The summed E-state index contributed by atoms with van der Waals surface area (Å²) in [6, 6.07) is 7.30. The molecule has 0 amide bonds. The van der Waals surface area contributed by atoms with Gasteiger partial charge in [0.1, 0.15) is 5.82 Å². The number of rotatable bonds is 5. The molecule has 0 aliphatic heterocycles. The Hall–Kier alpha value is -2.30. The highest BCUT2D eigenvalue weighted by Crippen LogP contribution is 2.17. The molecule has 2 rings (SSSR count). The summed E-state index contributed by atoms with van der Waals surface area (Å²) in [5.41, 5.74) is 2.27. The van der Waals surface area contributed by atoms with Crippen LogP contribution in [0.1, 0.15) is 28.8 Å². The zero-order valence-corrected chi connectivity index (χ0v) is 11.1. The fourth-order valence-corrected chi connectivity index (χ4v) is 1.78. The highest BCUT2D eigenvalue weighted by atomic mass is 16.5. The topological polar surface area (TPSA) is 67.0 Å². The van der Waals surface area contributed by atoms with Gasteiger partial charge in [0, 0.05) is 5.69 Å². The molecule has 2 N–H and O–H groups in total. The average molecular weight is 259 g/mol. The molecule has 0 bridgehead atoms. The number of hydrogen-bond donors (Lipinski definition) is 2. The molecule has 1 heterocycles. The zero-order valence-electron chi connectivity index (χ0n) is 11.1. The standard InChI is InChI=1S/C14H17N3O2/c1-3-19-14(18)12-6-4-5-7-13(12)16-9-11-8-15-10(2)17-11/h4-8,16H,3,9H2,1-2H3,(H,15,17). The Morgan fingerprint density at radius 1 is 1.42 bits per heavy atom. The van der Waals surface area contributed by atoms with E-state index in [4.69, 9.17) is 4.74 Å². The lowest BCUT2D eigenvalue weighted by molar-refractivity contribution is 0.0527. The van der Waals surface area contributed by atoms with Gasteiger partial charge in [-0.3, -0.25) is 0 Å². The first kappa shape index (κ1) is 13.1. The summed E-state index contributed by atoms with van der Waals surface area (Å²) in [4.78, 5) is 19.1. The molecule has 0 spiro atoms. The van der Waals surface area contributed by atoms with Crippen LogP contribution in [0, 0.1) is 6.92 Å². The molecule has 0 saturated carbocycles. The van der Waals surface area contributed by atoms with Gasteiger partial charge in [0.25, 0.3) is 0 Å². The van der Waals surface area contributed by atoms with Gasteiger partial charge >= 0.3 is 5.97 Å². The Morgan fingerprint density at radius 3 is 2.89 bits per heavy atom. The van der Waals surface area contributed by atoms with Crippen molar-refractivity contribution in [3.63, 3.8) is 0 Å². The summed E-state index contributed by atoms with van der Waals surface area (Å²) in [7, 11) is 0. The van der Waals surface area contributed by atoms with Crippen LogP contribution in [0.15, 0.2) is 30.5 Å². The third kappa shape index (κ3) is 3.34. The van der Waals surface area contributed by atoms with Crippen molar-refractivity contribution in [3.8, 4) is 0 Å². The molecule has 0 saturated heterocycles. The van der Waals surface area contributed by atoms with E-state index in [1.54, 1.807) is 19.2 Å². The first-order chi connectivity index (χ1) is 9.20. The lowest BCUT2D eigenvalue weighted by atomic mass is 10.2. The number of hydrogen-bond acceptors (Lipinski definition) is 4. The van der Waals surface area contributed by atoms with Crippen molar-refractivity contribution < 1.29 is 9.53 Å². The van der Waals surface area contributed by atoms with Crippen LogP contribution >= 0.6 is 0 Å². The number of carbonyl (C=O) groups excluding carboxylic acids is 1. The Bertz CT molecular complexity index is 563. The molecule has 2 aromatic rings. The van der Waals surface area contributed by atoms with Crippen LogP contribution in [0.2, 0.25) is 0 Å². The van der Waals surface area contributed by atoms with Crippen LogP contribution in [0.4, 0.5) is 5.69 Å². The first-order valence-electron chi connectivity index (χ1n) is 6.21. The van der Waals surface area contributed by atoms with Gasteiger partial charge in [-0.15, -0.1) is 0 Å². The van der Waals surface area contributed by atoms with Crippen molar-refractivity contribution in [1.29, 1.82) is 0 Å². The predicted octanol–water partition coefficient (Wildman–Crippen LogP) is 2.51. The van der Waals surface area contributed by atoms with Crippen molar-refractivity contribution in [2.24, 2.45) is 0 Å². The van der Waals surface area contributed by atoms with Gasteiger partial charge in [0.2, 0.25) is 0 Å². The maximum atomic E-state index is 11.8. The molecular formula is C14H17N3O2. The number of carbonyl (C=O) groups is 1. The van der Waals surface area contributed by atoms with Gasteiger partial charge in [0.15, 0.2) is 0 Å². The number of ether oxygens (including phenoxy) is 1. The van der Waals surface area contributed by atoms with Crippen molar-refractivity contribution in [3.05, 3.63) is 47.5 Å². The molecule has 1 aromatic carbocycles. The van der Waals surface area contributed by atoms with Gasteiger partial charge in [-0.1, -0.05) is 12.1 Å². The minimum atomic E-state index is -0.314. The molecule has 0 fully saturated rings. The van der Waals surface area contributed by atoms with E-state index in [0.717, 1.165) is 17.2 Å². The average Bonchev–Trinajstić information content (AvgIpc) is 2.83. The van der Waals surface area contributed by atoms with Crippen LogP contribution in [-0.4, -0.2) is 22.5 Å². The maximum Gasteiger partial charge on any atom is 0.340 e. The van der Waals surface area contributed by atoms with Crippen molar-refractivity contribution in [2.45, 2.75) is 20.4 Å². The Morgan fingerprint density at radius 2 is 2.21 bits per heavy atom. The number of benzene rings is 1. The SMILES string of the molecule is CCOC(=O)c1ccccc1NCc1cnc(C)[nH]1. The molecule has 0 aliphatic rings. The molecule has 5 heteroatoms. The molecule has 5 nitrogen and oxygen atoms in total. The second-order valence-corrected chi connectivity index (χ2v) is 4.11. The van der Waals surface area contributed by atoms with E-state index in [2.05, 4.69) is 15.3 Å². The minimum Gasteiger partial charge on any atom is -0.462 e. The maximum absolute atomic E-state index is 11.8. The van der Waals surface area contributed by atoms with Crippen LogP contribution in [-0.2, 0) is 11.3 Å². The first-order valence-corrected chi connectivity index (χ1v) is 6.21. The van der Waals surface area contributed by atoms with E-state index >= 15 is 0 Å². The Labute approximate surface area is 112 Å². The third-order valence-electron chi connectivity index (χ3n) is 2.65. The number of aromatic amines is 1. The molecule has 0 aliphatic carbocycles. The molecule has 0 radical (unpaired) electrons. The lowest BCUT2D eigenvalue weighted by Gasteiger charge is -2.10. The number of para-hydroxylation sites is 1. The van der Waals surface area contributed by atoms with Crippen molar-refractivity contribution >= 4 is 11.7 Å². The number of nitrogens with one attached hydrogen (secondary N) is 2. The molecule has 0 atom stereocenters. The molecular weight excluding hydrogens is 242 g/mol. The smallest absolute Gasteiger partial charge is 0.340 e.